The molecule has 0 saturated heterocycles. The highest BCUT2D eigenvalue weighted by Crippen LogP contribution is 2.22. The number of ether oxygens (including phenoxy) is 1. The minimum absolute atomic E-state index is 0.248. The van der Waals surface area contributed by atoms with Crippen LogP contribution in [0.4, 0.5) is 11.4 Å². The number of aryl methyl sites for hydroxylation is 2. The molecule has 1 heterocycles. The van der Waals surface area contributed by atoms with Crippen LogP contribution in [0, 0.1) is 13.8 Å². The molecule has 0 aliphatic carbocycles. The van der Waals surface area contributed by atoms with Gasteiger partial charge in [0.05, 0.1) is 24.2 Å². The summed E-state index contributed by atoms with van der Waals surface area (Å²) in [7, 11) is 1.57. The van der Waals surface area contributed by atoms with Crippen molar-refractivity contribution in [2.24, 2.45) is 0 Å². The second-order valence-electron chi connectivity index (χ2n) is 7.34. The van der Waals surface area contributed by atoms with Crippen LogP contribution >= 0.6 is 0 Å². The molecule has 0 aliphatic heterocycles. The van der Waals surface area contributed by atoms with Gasteiger partial charge in [0, 0.05) is 23.4 Å². The molecule has 0 aliphatic rings. The van der Waals surface area contributed by atoms with E-state index in [1.54, 1.807) is 55.6 Å². The first-order valence-corrected chi connectivity index (χ1v) is 10.3. The summed E-state index contributed by atoms with van der Waals surface area (Å²) in [5.41, 5.74) is 3.94. The van der Waals surface area contributed by atoms with Crippen LogP contribution < -0.4 is 15.4 Å². The summed E-state index contributed by atoms with van der Waals surface area (Å²) in [6.07, 6.45) is 2.11. The van der Waals surface area contributed by atoms with Crippen LogP contribution in [0.3, 0.4) is 0 Å². The Morgan fingerprint density at radius 1 is 1.00 bits per heavy atom. The summed E-state index contributed by atoms with van der Waals surface area (Å²) in [6, 6.07) is 13.7. The first-order chi connectivity index (χ1) is 14.9. The number of amides is 2. The fourth-order valence-corrected chi connectivity index (χ4v) is 3.27. The van der Waals surface area contributed by atoms with Crippen molar-refractivity contribution in [1.29, 1.82) is 0 Å². The Kier molecular flexibility index (Phi) is 7.07. The van der Waals surface area contributed by atoms with Gasteiger partial charge in [-0.3, -0.25) is 14.3 Å². The number of unbranched alkanes of at least 4 members (excludes halogenated alkanes) is 1. The Labute approximate surface area is 182 Å². The zero-order chi connectivity index (χ0) is 22.4. The predicted octanol–water partition coefficient (Wildman–Crippen LogP) is 4.81. The monoisotopic (exact) mass is 420 g/mol. The highest BCUT2D eigenvalue weighted by atomic mass is 16.5. The number of hydrogen-bond donors (Lipinski definition) is 2. The van der Waals surface area contributed by atoms with E-state index in [9.17, 15) is 9.59 Å². The number of benzene rings is 2. The molecule has 31 heavy (non-hydrogen) atoms. The fourth-order valence-electron chi connectivity index (χ4n) is 3.27. The molecular weight excluding hydrogens is 392 g/mol. The summed E-state index contributed by atoms with van der Waals surface area (Å²) < 4.78 is 7.04. The van der Waals surface area contributed by atoms with Gasteiger partial charge < -0.3 is 15.4 Å². The van der Waals surface area contributed by atoms with E-state index in [0.29, 0.717) is 22.6 Å². The zero-order valence-corrected chi connectivity index (χ0v) is 18.4. The van der Waals surface area contributed by atoms with E-state index in [1.165, 1.54) is 0 Å². The van der Waals surface area contributed by atoms with Crippen LogP contribution in [0.1, 0.15) is 51.9 Å². The molecule has 7 nitrogen and oxygen atoms in total. The highest BCUT2D eigenvalue weighted by molar-refractivity contribution is 6.07. The molecule has 0 saturated carbocycles. The Morgan fingerprint density at radius 3 is 2.39 bits per heavy atom. The Balaban J connectivity index is 1.71. The van der Waals surface area contributed by atoms with Crippen LogP contribution in [-0.4, -0.2) is 28.7 Å². The third kappa shape index (κ3) is 5.31. The molecule has 3 aromatic rings. The Hall–Kier alpha value is -3.61. The average Bonchev–Trinajstić information content (AvgIpc) is 3.05. The normalized spacial score (nSPS) is 10.6. The second-order valence-corrected chi connectivity index (χ2v) is 7.34. The Bertz CT molecular complexity index is 1070. The summed E-state index contributed by atoms with van der Waals surface area (Å²) in [4.78, 5) is 25.3. The predicted molar refractivity (Wildman–Crippen MR) is 122 cm³/mol. The molecule has 0 bridgehead atoms. The van der Waals surface area contributed by atoms with E-state index in [0.717, 1.165) is 36.5 Å². The topological polar surface area (TPSA) is 85.3 Å². The van der Waals surface area contributed by atoms with Crippen LogP contribution in [0.5, 0.6) is 5.75 Å². The molecule has 0 atom stereocenters. The van der Waals surface area contributed by atoms with Gasteiger partial charge in [0.25, 0.3) is 11.8 Å². The zero-order valence-electron chi connectivity index (χ0n) is 18.4. The first kappa shape index (κ1) is 22.1. The van der Waals surface area contributed by atoms with Gasteiger partial charge in [0.1, 0.15) is 5.75 Å². The second kappa shape index (κ2) is 9.93. The molecule has 3 rings (SSSR count). The van der Waals surface area contributed by atoms with Crippen molar-refractivity contribution < 1.29 is 14.3 Å². The minimum Gasteiger partial charge on any atom is -0.497 e. The molecular formula is C24H28N4O3. The van der Waals surface area contributed by atoms with Gasteiger partial charge in [-0.1, -0.05) is 19.4 Å². The van der Waals surface area contributed by atoms with Gasteiger partial charge in [-0.25, -0.2) is 0 Å². The number of anilines is 2. The molecule has 0 radical (unpaired) electrons. The van der Waals surface area contributed by atoms with Crippen molar-refractivity contribution in [2.45, 2.75) is 40.2 Å². The van der Waals surface area contributed by atoms with Gasteiger partial charge >= 0.3 is 0 Å². The number of methoxy groups -OCH3 is 1. The third-order valence-corrected chi connectivity index (χ3v) is 5.08. The lowest BCUT2D eigenvalue weighted by atomic mass is 10.1. The molecule has 2 aromatic carbocycles. The van der Waals surface area contributed by atoms with E-state index >= 15 is 0 Å². The smallest absolute Gasteiger partial charge is 0.255 e. The largest absolute Gasteiger partial charge is 0.497 e. The van der Waals surface area contributed by atoms with Gasteiger partial charge in [-0.2, -0.15) is 5.10 Å². The number of nitrogens with zero attached hydrogens (tertiary/aromatic N) is 2. The molecule has 162 valence electrons. The lowest BCUT2D eigenvalue weighted by Gasteiger charge is -2.09. The molecule has 0 unspecified atom stereocenters. The van der Waals surface area contributed by atoms with Crippen LogP contribution in [-0.2, 0) is 6.54 Å². The molecule has 2 amide bonds. The van der Waals surface area contributed by atoms with Crippen molar-refractivity contribution in [3.05, 3.63) is 71.0 Å². The van der Waals surface area contributed by atoms with Crippen LogP contribution in [0.15, 0.2) is 48.5 Å². The van der Waals surface area contributed by atoms with Crippen molar-refractivity contribution in [2.75, 3.05) is 17.7 Å². The van der Waals surface area contributed by atoms with Crippen molar-refractivity contribution in [3.8, 4) is 5.75 Å². The summed E-state index contributed by atoms with van der Waals surface area (Å²) in [5.74, 6) is 0.171. The maximum Gasteiger partial charge on any atom is 0.255 e. The maximum absolute atomic E-state index is 12.8. The van der Waals surface area contributed by atoms with Gasteiger partial charge in [-0.15, -0.1) is 0 Å². The van der Waals surface area contributed by atoms with E-state index in [1.807, 2.05) is 18.5 Å². The van der Waals surface area contributed by atoms with E-state index in [2.05, 4.69) is 22.7 Å². The third-order valence-electron chi connectivity index (χ3n) is 5.08. The van der Waals surface area contributed by atoms with Crippen molar-refractivity contribution >= 4 is 23.2 Å². The van der Waals surface area contributed by atoms with Crippen molar-refractivity contribution in [1.82, 2.24) is 9.78 Å². The molecule has 7 heteroatoms. The van der Waals surface area contributed by atoms with E-state index in [-0.39, 0.29) is 11.8 Å². The Morgan fingerprint density at radius 2 is 1.71 bits per heavy atom. The number of aromatic nitrogens is 2. The lowest BCUT2D eigenvalue weighted by molar-refractivity contribution is 0.101. The first-order valence-electron chi connectivity index (χ1n) is 10.3. The van der Waals surface area contributed by atoms with Gasteiger partial charge in [-0.05, 0) is 62.7 Å². The fraction of sp³-hybridized carbons (Fsp3) is 0.292. The average molecular weight is 421 g/mol. The molecule has 0 fully saturated rings. The highest BCUT2D eigenvalue weighted by Gasteiger charge is 2.16. The van der Waals surface area contributed by atoms with Crippen molar-refractivity contribution in [3.63, 3.8) is 0 Å². The number of rotatable bonds is 8. The number of nitrogens with one attached hydrogen (secondary N) is 2. The van der Waals surface area contributed by atoms with Crippen LogP contribution in [0.2, 0.25) is 0 Å². The number of carbonyl (C=O) groups excluding carboxylic acids is 2. The molecule has 0 spiro atoms. The van der Waals surface area contributed by atoms with Gasteiger partial charge in [0.15, 0.2) is 0 Å². The van der Waals surface area contributed by atoms with E-state index < -0.39 is 0 Å². The minimum atomic E-state index is -0.260. The van der Waals surface area contributed by atoms with E-state index in [4.69, 9.17) is 4.74 Å². The summed E-state index contributed by atoms with van der Waals surface area (Å²) in [5, 5.41) is 10.3. The quantitative estimate of drug-likeness (QED) is 0.547. The lowest BCUT2D eigenvalue weighted by Crippen LogP contribution is -2.15. The number of carbonyl (C=O) groups is 2. The SMILES string of the molecule is CCCCn1nc(C)c(NC(=O)c2cccc(NC(=O)c3ccc(OC)cc3)c2)c1C. The van der Waals surface area contributed by atoms with Crippen LogP contribution in [0.25, 0.3) is 0 Å². The van der Waals surface area contributed by atoms with Gasteiger partial charge in [0.2, 0.25) is 0 Å². The maximum atomic E-state index is 12.8. The standard InChI is InChI=1S/C24H28N4O3/c1-5-6-14-28-17(3)22(16(2)27-28)26-24(30)19-8-7-9-20(15-19)25-23(29)18-10-12-21(31-4)13-11-18/h7-13,15H,5-6,14H2,1-4H3,(H,25,29)(H,26,30). The molecule has 1 aromatic heterocycles. The summed E-state index contributed by atoms with van der Waals surface area (Å²) in [6.45, 7) is 6.80. The summed E-state index contributed by atoms with van der Waals surface area (Å²) >= 11 is 0. The molecule has 2 N–H and O–H groups in total. The number of hydrogen-bond acceptors (Lipinski definition) is 4.